The zero-order valence-corrected chi connectivity index (χ0v) is 19.8. The second-order valence-electron chi connectivity index (χ2n) is 9.35. The van der Waals surface area contributed by atoms with E-state index in [1.54, 1.807) is 7.11 Å². The molecule has 4 heterocycles. The van der Waals surface area contributed by atoms with Gasteiger partial charge in [0.05, 0.1) is 24.5 Å². The highest BCUT2D eigenvalue weighted by Crippen LogP contribution is 2.33. The van der Waals surface area contributed by atoms with Crippen LogP contribution in [0.3, 0.4) is 0 Å². The standard InChI is InChI=1S/C25H33N5OS/c1-31-22-6-4-21(5-7-22)18-29-13-2-3-19(9-14-29)17-20-10-15-30(16-11-20)23-8-12-26-25-24(23)27-32-28-25/h4-8,12,19-20H,2-3,9-11,13-18H2,1H3. The van der Waals surface area contributed by atoms with Crippen LogP contribution >= 0.6 is 11.7 Å². The third kappa shape index (κ3) is 5.04. The lowest BCUT2D eigenvalue weighted by Gasteiger charge is -2.35. The summed E-state index contributed by atoms with van der Waals surface area (Å²) in [6.45, 7) is 5.75. The van der Waals surface area contributed by atoms with Crippen LogP contribution in [0.5, 0.6) is 5.75 Å². The lowest BCUT2D eigenvalue weighted by atomic mass is 9.84. The van der Waals surface area contributed by atoms with Crippen LogP contribution < -0.4 is 9.64 Å². The maximum absolute atomic E-state index is 5.29. The fourth-order valence-corrected chi connectivity index (χ4v) is 5.94. The maximum Gasteiger partial charge on any atom is 0.195 e. The topological polar surface area (TPSA) is 54.4 Å². The molecule has 0 radical (unpaired) electrons. The van der Waals surface area contributed by atoms with E-state index in [-0.39, 0.29) is 0 Å². The minimum absolute atomic E-state index is 0.785. The average molecular weight is 452 g/mol. The van der Waals surface area contributed by atoms with Crippen LogP contribution in [0.15, 0.2) is 36.5 Å². The van der Waals surface area contributed by atoms with Gasteiger partial charge in [0.2, 0.25) is 0 Å². The fraction of sp³-hybridized carbons (Fsp3) is 0.560. The highest BCUT2D eigenvalue weighted by molar-refractivity contribution is 7.00. The molecular weight excluding hydrogens is 418 g/mol. The van der Waals surface area contributed by atoms with E-state index >= 15 is 0 Å². The summed E-state index contributed by atoms with van der Waals surface area (Å²) in [4.78, 5) is 9.47. The Balaban J connectivity index is 1.10. The van der Waals surface area contributed by atoms with Gasteiger partial charge in [-0.05, 0) is 87.2 Å². The van der Waals surface area contributed by atoms with Crippen molar-refractivity contribution in [2.75, 3.05) is 38.2 Å². The molecule has 0 amide bonds. The van der Waals surface area contributed by atoms with Gasteiger partial charge in [0, 0.05) is 25.8 Å². The molecule has 6 nitrogen and oxygen atoms in total. The predicted molar refractivity (Wildman–Crippen MR) is 130 cm³/mol. The number of pyridine rings is 1. The number of anilines is 1. The SMILES string of the molecule is COc1ccc(CN2CCCC(CC3CCN(c4ccnc5nsnc45)CC3)CC2)cc1. The van der Waals surface area contributed by atoms with Crippen LogP contribution in [-0.4, -0.2) is 51.9 Å². The van der Waals surface area contributed by atoms with Crippen molar-refractivity contribution in [3.05, 3.63) is 42.1 Å². The highest BCUT2D eigenvalue weighted by atomic mass is 32.1. The lowest BCUT2D eigenvalue weighted by Crippen LogP contribution is -2.34. The monoisotopic (exact) mass is 451 g/mol. The van der Waals surface area contributed by atoms with Crippen LogP contribution in [0, 0.1) is 11.8 Å². The number of aromatic nitrogens is 3. The van der Waals surface area contributed by atoms with Gasteiger partial charge in [-0.15, -0.1) is 0 Å². The van der Waals surface area contributed by atoms with Crippen LogP contribution in [0.25, 0.3) is 11.2 Å². The van der Waals surface area contributed by atoms with E-state index in [2.05, 4.69) is 53.9 Å². The normalized spacial score (nSPS) is 21.0. The summed E-state index contributed by atoms with van der Waals surface area (Å²) < 4.78 is 14.1. The van der Waals surface area contributed by atoms with E-state index in [1.165, 1.54) is 74.6 Å². The first kappa shape index (κ1) is 21.6. The molecule has 1 unspecified atom stereocenters. The van der Waals surface area contributed by atoms with Crippen molar-refractivity contribution in [2.45, 2.75) is 45.1 Å². The van der Waals surface area contributed by atoms with E-state index in [0.29, 0.717) is 0 Å². The van der Waals surface area contributed by atoms with Gasteiger partial charge in [-0.25, -0.2) is 4.98 Å². The number of ether oxygens (including phenoxy) is 1. The number of rotatable bonds is 6. The molecule has 170 valence electrons. The van der Waals surface area contributed by atoms with Crippen LogP contribution in [0.4, 0.5) is 5.69 Å². The Kier molecular flexibility index (Phi) is 6.83. The van der Waals surface area contributed by atoms with Gasteiger partial charge in [0.25, 0.3) is 0 Å². The molecule has 0 N–H and O–H groups in total. The number of hydrogen-bond acceptors (Lipinski definition) is 7. The van der Waals surface area contributed by atoms with Crippen molar-refractivity contribution >= 4 is 28.6 Å². The van der Waals surface area contributed by atoms with Crippen molar-refractivity contribution < 1.29 is 4.74 Å². The van der Waals surface area contributed by atoms with Crippen LogP contribution in [-0.2, 0) is 6.54 Å². The molecule has 1 aromatic carbocycles. The number of nitrogens with zero attached hydrogens (tertiary/aromatic N) is 5. The van der Waals surface area contributed by atoms with E-state index < -0.39 is 0 Å². The average Bonchev–Trinajstić information content (AvgIpc) is 3.22. The van der Waals surface area contributed by atoms with Crippen LogP contribution in [0.2, 0.25) is 0 Å². The first-order valence-electron chi connectivity index (χ1n) is 12.0. The Morgan fingerprint density at radius 2 is 1.72 bits per heavy atom. The first-order valence-corrected chi connectivity index (χ1v) is 12.7. The second kappa shape index (κ2) is 10.1. The molecular formula is C25H33N5OS. The minimum Gasteiger partial charge on any atom is -0.497 e. The van der Waals surface area contributed by atoms with Gasteiger partial charge in [-0.2, -0.15) is 8.75 Å². The maximum atomic E-state index is 5.29. The molecule has 3 aromatic rings. The molecule has 0 saturated carbocycles. The second-order valence-corrected chi connectivity index (χ2v) is 9.88. The van der Waals surface area contributed by atoms with E-state index in [4.69, 9.17) is 4.74 Å². The van der Waals surface area contributed by atoms with Crippen molar-refractivity contribution in [1.29, 1.82) is 0 Å². The summed E-state index contributed by atoms with van der Waals surface area (Å²) in [7, 11) is 1.73. The summed E-state index contributed by atoms with van der Waals surface area (Å²) in [6.07, 6.45) is 9.88. The Hall–Kier alpha value is -2.25. The van der Waals surface area contributed by atoms with E-state index in [9.17, 15) is 0 Å². The number of methoxy groups -OCH3 is 1. The van der Waals surface area contributed by atoms with Gasteiger partial charge in [0.15, 0.2) is 5.65 Å². The summed E-state index contributed by atoms with van der Waals surface area (Å²) in [5.41, 5.74) is 4.35. The molecule has 2 aromatic heterocycles. The smallest absolute Gasteiger partial charge is 0.195 e. The summed E-state index contributed by atoms with van der Waals surface area (Å²) >= 11 is 1.26. The summed E-state index contributed by atoms with van der Waals surface area (Å²) in [6, 6.07) is 10.7. The molecule has 2 saturated heterocycles. The van der Waals surface area contributed by atoms with Crippen LogP contribution in [0.1, 0.15) is 44.1 Å². The lowest BCUT2D eigenvalue weighted by molar-refractivity contribution is 0.260. The van der Waals surface area contributed by atoms with Crippen molar-refractivity contribution in [3.63, 3.8) is 0 Å². The quantitative estimate of drug-likeness (QED) is 0.525. The van der Waals surface area contributed by atoms with E-state index in [1.807, 2.05) is 6.20 Å². The molecule has 0 aliphatic carbocycles. The molecule has 32 heavy (non-hydrogen) atoms. The summed E-state index contributed by atoms with van der Waals surface area (Å²) in [5.74, 6) is 2.67. The fourth-order valence-electron chi connectivity index (χ4n) is 5.43. The minimum atomic E-state index is 0.785. The van der Waals surface area contributed by atoms with Crippen molar-refractivity contribution in [2.24, 2.45) is 11.8 Å². The molecule has 0 bridgehead atoms. The Morgan fingerprint density at radius 3 is 2.53 bits per heavy atom. The first-order chi connectivity index (χ1) is 15.8. The highest BCUT2D eigenvalue weighted by Gasteiger charge is 2.25. The third-order valence-electron chi connectivity index (χ3n) is 7.27. The molecule has 5 rings (SSSR count). The molecule has 1 atom stereocenters. The number of hydrogen-bond donors (Lipinski definition) is 0. The van der Waals surface area contributed by atoms with Gasteiger partial charge in [-0.1, -0.05) is 12.1 Å². The molecule has 2 aliphatic heterocycles. The molecule has 2 aliphatic rings. The largest absolute Gasteiger partial charge is 0.497 e. The van der Waals surface area contributed by atoms with Gasteiger partial charge < -0.3 is 9.64 Å². The number of benzene rings is 1. The Bertz CT molecular complexity index is 999. The zero-order valence-electron chi connectivity index (χ0n) is 18.9. The Labute approximate surface area is 194 Å². The van der Waals surface area contributed by atoms with Crippen molar-refractivity contribution in [3.8, 4) is 5.75 Å². The predicted octanol–water partition coefficient (Wildman–Crippen LogP) is 5.00. The summed E-state index contributed by atoms with van der Waals surface area (Å²) in [5, 5.41) is 0. The zero-order chi connectivity index (χ0) is 21.8. The van der Waals surface area contributed by atoms with E-state index in [0.717, 1.165) is 48.4 Å². The number of piperidine rings is 1. The van der Waals surface area contributed by atoms with Gasteiger partial charge in [0.1, 0.15) is 11.3 Å². The molecule has 0 spiro atoms. The Morgan fingerprint density at radius 1 is 0.938 bits per heavy atom. The number of fused-ring (bicyclic) bond motifs is 1. The van der Waals surface area contributed by atoms with Gasteiger partial charge in [-0.3, -0.25) is 4.90 Å². The molecule has 2 fully saturated rings. The third-order valence-corrected chi connectivity index (χ3v) is 7.79. The number of likely N-dealkylation sites (tertiary alicyclic amines) is 1. The van der Waals surface area contributed by atoms with Crippen molar-refractivity contribution in [1.82, 2.24) is 18.6 Å². The van der Waals surface area contributed by atoms with Gasteiger partial charge >= 0.3 is 0 Å². The molecule has 7 heteroatoms.